The number of hydrogen-bond acceptors (Lipinski definition) is 6. The van der Waals surface area contributed by atoms with Crippen molar-refractivity contribution in [3.63, 3.8) is 0 Å². The highest BCUT2D eigenvalue weighted by Crippen LogP contribution is 2.17. The Labute approximate surface area is 160 Å². The Hall–Kier alpha value is -3.49. The molecule has 3 amide bonds. The lowest BCUT2D eigenvalue weighted by Crippen LogP contribution is -2.42. The second kappa shape index (κ2) is 8.03. The van der Waals surface area contributed by atoms with E-state index in [-0.39, 0.29) is 25.3 Å². The molecule has 1 aromatic carbocycles. The first kappa shape index (κ1) is 19.3. The standard InChI is InChI=1S/C19H20N4O5/c1-12-13(2)20-11-22(18(12)26)9-16(24)21-15(14-6-4-3-5-7-14)8-23-17(25)10-28-19(23)27/h3-7,11,15H,8-10H2,1-2H3,(H,21,24)/t15-/m0/s1. The number of amides is 3. The van der Waals surface area contributed by atoms with E-state index in [9.17, 15) is 19.2 Å². The van der Waals surface area contributed by atoms with Gasteiger partial charge in [-0.15, -0.1) is 0 Å². The Bertz CT molecular complexity index is 954. The average molecular weight is 384 g/mol. The quantitative estimate of drug-likeness (QED) is 0.785. The van der Waals surface area contributed by atoms with Gasteiger partial charge in [-0.05, 0) is 19.4 Å². The highest BCUT2D eigenvalue weighted by molar-refractivity contribution is 5.97. The third kappa shape index (κ3) is 4.08. The SMILES string of the molecule is Cc1ncn(CC(=O)N[C@@H](CN2C(=O)COC2=O)c2ccccc2)c(=O)c1C. The van der Waals surface area contributed by atoms with Crippen LogP contribution in [0.4, 0.5) is 4.79 Å². The van der Waals surface area contributed by atoms with Crippen LogP contribution in [0, 0.1) is 13.8 Å². The van der Waals surface area contributed by atoms with Crippen LogP contribution in [-0.4, -0.2) is 45.5 Å². The van der Waals surface area contributed by atoms with Gasteiger partial charge in [0.2, 0.25) is 5.91 Å². The van der Waals surface area contributed by atoms with E-state index >= 15 is 0 Å². The van der Waals surface area contributed by atoms with Gasteiger partial charge in [-0.25, -0.2) is 14.7 Å². The number of ether oxygens (including phenoxy) is 1. The van der Waals surface area contributed by atoms with Gasteiger partial charge >= 0.3 is 6.09 Å². The van der Waals surface area contributed by atoms with E-state index < -0.39 is 23.9 Å². The molecule has 1 aliphatic heterocycles. The minimum absolute atomic E-state index is 0.0620. The largest absolute Gasteiger partial charge is 0.439 e. The van der Waals surface area contributed by atoms with Crippen molar-refractivity contribution in [2.45, 2.75) is 26.4 Å². The first-order valence-electron chi connectivity index (χ1n) is 8.71. The summed E-state index contributed by atoms with van der Waals surface area (Å²) in [5, 5.41) is 2.78. The lowest BCUT2D eigenvalue weighted by atomic mass is 10.1. The highest BCUT2D eigenvalue weighted by Gasteiger charge is 2.33. The molecule has 2 heterocycles. The van der Waals surface area contributed by atoms with Crippen LogP contribution in [0.1, 0.15) is 22.9 Å². The molecule has 0 spiro atoms. The number of aryl methyl sites for hydroxylation is 1. The summed E-state index contributed by atoms with van der Waals surface area (Å²) in [5.41, 5.74) is 1.50. The Morgan fingerprint density at radius 1 is 1.21 bits per heavy atom. The zero-order valence-corrected chi connectivity index (χ0v) is 15.5. The minimum Gasteiger partial charge on any atom is -0.439 e. The van der Waals surface area contributed by atoms with Gasteiger partial charge in [0.25, 0.3) is 11.5 Å². The fourth-order valence-electron chi connectivity index (χ4n) is 2.84. The second-order valence-electron chi connectivity index (χ2n) is 6.48. The third-order valence-corrected chi connectivity index (χ3v) is 4.57. The molecule has 1 saturated heterocycles. The Morgan fingerprint density at radius 3 is 2.57 bits per heavy atom. The molecule has 1 aromatic heterocycles. The van der Waals surface area contributed by atoms with E-state index in [0.717, 1.165) is 4.90 Å². The van der Waals surface area contributed by atoms with Gasteiger partial charge in [0, 0.05) is 11.3 Å². The number of carbonyl (C=O) groups excluding carboxylic acids is 3. The number of carbonyl (C=O) groups is 3. The molecule has 1 N–H and O–H groups in total. The lowest BCUT2D eigenvalue weighted by molar-refractivity contribution is -0.127. The Balaban J connectivity index is 1.78. The van der Waals surface area contributed by atoms with Crippen molar-refractivity contribution in [3.05, 3.63) is 63.8 Å². The summed E-state index contributed by atoms with van der Waals surface area (Å²) in [6.07, 6.45) is 0.582. The molecule has 1 aliphatic rings. The van der Waals surface area contributed by atoms with Crippen molar-refractivity contribution in [3.8, 4) is 0 Å². The first-order chi connectivity index (χ1) is 13.4. The summed E-state index contributed by atoms with van der Waals surface area (Å²) >= 11 is 0. The number of aromatic nitrogens is 2. The Morgan fingerprint density at radius 2 is 1.93 bits per heavy atom. The molecule has 1 atom stereocenters. The van der Waals surface area contributed by atoms with Crippen LogP contribution < -0.4 is 10.9 Å². The molecule has 28 heavy (non-hydrogen) atoms. The molecule has 0 saturated carbocycles. The summed E-state index contributed by atoms with van der Waals surface area (Å²) in [6.45, 7) is 2.77. The zero-order chi connectivity index (χ0) is 20.3. The summed E-state index contributed by atoms with van der Waals surface area (Å²) in [5.74, 6) is -0.907. The molecule has 146 valence electrons. The molecule has 0 bridgehead atoms. The molecular formula is C19H20N4O5. The molecule has 9 nitrogen and oxygen atoms in total. The predicted molar refractivity (Wildman–Crippen MR) is 98.4 cm³/mol. The van der Waals surface area contributed by atoms with Gasteiger partial charge in [-0.2, -0.15) is 0 Å². The third-order valence-electron chi connectivity index (χ3n) is 4.57. The molecule has 9 heteroatoms. The first-order valence-corrected chi connectivity index (χ1v) is 8.71. The minimum atomic E-state index is -0.741. The predicted octanol–water partition coefficient (Wildman–Crippen LogP) is 0.696. The van der Waals surface area contributed by atoms with Gasteiger partial charge in [0.05, 0.1) is 18.9 Å². The van der Waals surface area contributed by atoms with Crippen molar-refractivity contribution >= 4 is 17.9 Å². The molecular weight excluding hydrogens is 364 g/mol. The summed E-state index contributed by atoms with van der Waals surface area (Å²) < 4.78 is 5.94. The van der Waals surface area contributed by atoms with Crippen LogP contribution in [-0.2, 0) is 20.9 Å². The summed E-state index contributed by atoms with van der Waals surface area (Å²) in [4.78, 5) is 53.5. The second-order valence-corrected chi connectivity index (χ2v) is 6.48. The van der Waals surface area contributed by atoms with Crippen LogP contribution in [0.5, 0.6) is 0 Å². The van der Waals surface area contributed by atoms with E-state index in [2.05, 4.69) is 10.3 Å². The fraction of sp³-hybridized carbons (Fsp3) is 0.316. The highest BCUT2D eigenvalue weighted by atomic mass is 16.6. The van der Waals surface area contributed by atoms with Gasteiger partial charge in [0.15, 0.2) is 6.61 Å². The topological polar surface area (TPSA) is 111 Å². The molecule has 0 unspecified atom stereocenters. The number of hydrogen-bond donors (Lipinski definition) is 1. The Kier molecular flexibility index (Phi) is 5.53. The van der Waals surface area contributed by atoms with Crippen LogP contribution in [0.25, 0.3) is 0 Å². The summed E-state index contributed by atoms with van der Waals surface area (Å²) in [7, 11) is 0. The number of benzene rings is 1. The summed E-state index contributed by atoms with van der Waals surface area (Å²) in [6, 6.07) is 8.31. The van der Waals surface area contributed by atoms with Crippen LogP contribution in [0.2, 0.25) is 0 Å². The van der Waals surface area contributed by atoms with Crippen LogP contribution in [0.15, 0.2) is 41.5 Å². The molecule has 2 aromatic rings. The van der Waals surface area contributed by atoms with Crippen molar-refractivity contribution in [2.75, 3.05) is 13.2 Å². The number of rotatable bonds is 6. The van der Waals surface area contributed by atoms with E-state index in [4.69, 9.17) is 4.74 Å². The molecule has 0 aliphatic carbocycles. The maximum absolute atomic E-state index is 12.6. The number of nitrogens with zero attached hydrogens (tertiary/aromatic N) is 3. The average Bonchev–Trinajstić information content (AvgIpc) is 3.00. The van der Waals surface area contributed by atoms with E-state index in [1.165, 1.54) is 10.9 Å². The van der Waals surface area contributed by atoms with Gasteiger partial charge in [-0.3, -0.25) is 19.0 Å². The maximum Gasteiger partial charge on any atom is 0.417 e. The number of nitrogens with one attached hydrogen (secondary N) is 1. The molecule has 0 radical (unpaired) electrons. The monoisotopic (exact) mass is 384 g/mol. The fourth-order valence-corrected chi connectivity index (χ4v) is 2.84. The van der Waals surface area contributed by atoms with E-state index in [1.54, 1.807) is 38.1 Å². The van der Waals surface area contributed by atoms with Crippen molar-refractivity contribution in [1.82, 2.24) is 19.8 Å². The molecule has 3 rings (SSSR count). The van der Waals surface area contributed by atoms with Crippen molar-refractivity contribution in [2.24, 2.45) is 0 Å². The normalized spacial score (nSPS) is 14.7. The smallest absolute Gasteiger partial charge is 0.417 e. The van der Waals surface area contributed by atoms with Gasteiger partial charge in [0.1, 0.15) is 6.54 Å². The van der Waals surface area contributed by atoms with E-state index in [0.29, 0.717) is 16.8 Å². The van der Waals surface area contributed by atoms with Gasteiger partial charge < -0.3 is 10.1 Å². The van der Waals surface area contributed by atoms with Crippen molar-refractivity contribution < 1.29 is 19.1 Å². The lowest BCUT2D eigenvalue weighted by Gasteiger charge is -2.23. The molecule has 1 fully saturated rings. The van der Waals surface area contributed by atoms with Crippen molar-refractivity contribution in [1.29, 1.82) is 0 Å². The number of imide groups is 1. The van der Waals surface area contributed by atoms with Crippen LogP contribution in [0.3, 0.4) is 0 Å². The zero-order valence-electron chi connectivity index (χ0n) is 15.5. The number of cyclic esters (lactones) is 1. The van der Waals surface area contributed by atoms with Gasteiger partial charge in [-0.1, -0.05) is 30.3 Å². The van der Waals surface area contributed by atoms with E-state index in [1.807, 2.05) is 6.07 Å². The maximum atomic E-state index is 12.6. The van der Waals surface area contributed by atoms with Crippen LogP contribution >= 0.6 is 0 Å².